The smallest absolute Gasteiger partial charge is 0.354 e. The third-order valence-corrected chi connectivity index (χ3v) is 3.89. The second-order valence-electron chi connectivity index (χ2n) is 5.58. The van der Waals surface area contributed by atoms with Crippen LogP contribution in [-0.2, 0) is 0 Å². The van der Waals surface area contributed by atoms with E-state index in [1.807, 2.05) is 31.2 Å². The first-order chi connectivity index (χ1) is 12.1. The molecule has 0 saturated carbocycles. The Hall–Kier alpha value is -3.09. The van der Waals surface area contributed by atoms with Crippen LogP contribution >= 0.6 is 0 Å². The molecular formula is C18H18N2O5. The van der Waals surface area contributed by atoms with Crippen LogP contribution in [0.5, 0.6) is 11.5 Å². The average Bonchev–Trinajstić information content (AvgIpc) is 2.65. The number of pyridine rings is 1. The monoisotopic (exact) mass is 342 g/mol. The zero-order chi connectivity index (χ0) is 17.8. The van der Waals surface area contributed by atoms with Gasteiger partial charge in [0.05, 0.1) is 12.1 Å². The van der Waals surface area contributed by atoms with E-state index in [1.165, 1.54) is 18.3 Å². The number of carboxylic acid groups (broad SMARTS) is 1. The van der Waals surface area contributed by atoms with Crippen LogP contribution in [0.2, 0.25) is 0 Å². The molecule has 1 aliphatic heterocycles. The van der Waals surface area contributed by atoms with Crippen LogP contribution in [-0.4, -0.2) is 52.7 Å². The summed E-state index contributed by atoms with van der Waals surface area (Å²) in [4.78, 5) is 28.9. The van der Waals surface area contributed by atoms with Crippen molar-refractivity contribution in [3.63, 3.8) is 0 Å². The molecule has 1 atom stereocenters. The van der Waals surface area contributed by atoms with Crippen LogP contribution in [0, 0.1) is 0 Å². The minimum Gasteiger partial charge on any atom is -0.486 e. The van der Waals surface area contributed by atoms with Crippen molar-refractivity contribution >= 4 is 11.9 Å². The zero-order valence-electron chi connectivity index (χ0n) is 13.7. The number of para-hydroxylation sites is 2. The van der Waals surface area contributed by atoms with Crippen LogP contribution in [0.15, 0.2) is 42.6 Å². The molecule has 7 nitrogen and oxygen atoms in total. The first-order valence-corrected chi connectivity index (χ1v) is 7.95. The molecule has 0 spiro atoms. The van der Waals surface area contributed by atoms with Crippen molar-refractivity contribution in [3.8, 4) is 11.5 Å². The molecule has 0 bridgehead atoms. The quantitative estimate of drug-likeness (QED) is 0.895. The fourth-order valence-corrected chi connectivity index (χ4v) is 2.58. The SMILES string of the molecule is CCN(C[C@@H]1COc2ccccc2O1)C(=O)c1ccc(C(=O)O)nc1. The molecule has 3 rings (SSSR count). The third kappa shape index (κ3) is 3.71. The Balaban J connectivity index is 1.68. The van der Waals surface area contributed by atoms with Crippen molar-refractivity contribution < 1.29 is 24.2 Å². The van der Waals surface area contributed by atoms with Gasteiger partial charge in [0.1, 0.15) is 12.3 Å². The van der Waals surface area contributed by atoms with E-state index in [-0.39, 0.29) is 17.7 Å². The number of hydrogen-bond acceptors (Lipinski definition) is 5. The summed E-state index contributed by atoms with van der Waals surface area (Å²) in [5, 5.41) is 8.88. The van der Waals surface area contributed by atoms with Gasteiger partial charge >= 0.3 is 5.97 Å². The molecule has 25 heavy (non-hydrogen) atoms. The second-order valence-corrected chi connectivity index (χ2v) is 5.58. The van der Waals surface area contributed by atoms with Crippen molar-refractivity contribution in [3.05, 3.63) is 53.9 Å². The molecule has 0 radical (unpaired) electrons. The zero-order valence-corrected chi connectivity index (χ0v) is 13.7. The Morgan fingerprint density at radius 3 is 2.64 bits per heavy atom. The molecule has 1 amide bonds. The lowest BCUT2D eigenvalue weighted by molar-refractivity contribution is 0.0474. The Morgan fingerprint density at radius 2 is 2.00 bits per heavy atom. The van der Waals surface area contributed by atoms with Crippen LogP contribution in [0.1, 0.15) is 27.8 Å². The summed E-state index contributed by atoms with van der Waals surface area (Å²) >= 11 is 0. The van der Waals surface area contributed by atoms with Gasteiger partial charge in [0.15, 0.2) is 17.6 Å². The Labute approximate surface area is 144 Å². The van der Waals surface area contributed by atoms with Crippen molar-refractivity contribution in [1.82, 2.24) is 9.88 Å². The molecule has 2 aromatic rings. The molecule has 0 saturated heterocycles. The van der Waals surface area contributed by atoms with Crippen molar-refractivity contribution in [2.45, 2.75) is 13.0 Å². The molecular weight excluding hydrogens is 324 g/mol. The molecule has 0 aliphatic carbocycles. The average molecular weight is 342 g/mol. The van der Waals surface area contributed by atoms with Gasteiger partial charge in [-0.25, -0.2) is 9.78 Å². The largest absolute Gasteiger partial charge is 0.486 e. The number of amides is 1. The predicted octanol–water partition coefficient (Wildman–Crippen LogP) is 2.08. The summed E-state index contributed by atoms with van der Waals surface area (Å²) in [7, 11) is 0. The van der Waals surface area contributed by atoms with Crippen LogP contribution in [0.3, 0.4) is 0 Å². The predicted molar refractivity (Wildman–Crippen MR) is 89.1 cm³/mol. The van der Waals surface area contributed by atoms with E-state index in [0.29, 0.717) is 36.8 Å². The molecule has 130 valence electrons. The number of fused-ring (bicyclic) bond motifs is 1. The summed E-state index contributed by atoms with van der Waals surface area (Å²) in [5.74, 6) is 0.00322. The number of carbonyl (C=O) groups excluding carboxylic acids is 1. The molecule has 1 aliphatic rings. The normalized spacial score (nSPS) is 15.5. The highest BCUT2D eigenvalue weighted by molar-refractivity contribution is 5.94. The topological polar surface area (TPSA) is 89.0 Å². The van der Waals surface area contributed by atoms with Crippen LogP contribution in [0.25, 0.3) is 0 Å². The van der Waals surface area contributed by atoms with E-state index in [9.17, 15) is 9.59 Å². The number of nitrogens with zero attached hydrogens (tertiary/aromatic N) is 2. The number of carboxylic acids is 1. The summed E-state index contributed by atoms with van der Waals surface area (Å²) in [6.07, 6.45) is 1.01. The molecule has 1 aromatic heterocycles. The van der Waals surface area contributed by atoms with E-state index in [2.05, 4.69) is 4.98 Å². The number of aromatic carboxylic acids is 1. The maximum absolute atomic E-state index is 12.6. The first-order valence-electron chi connectivity index (χ1n) is 7.95. The number of hydrogen-bond donors (Lipinski definition) is 1. The molecule has 0 unspecified atom stereocenters. The second kappa shape index (κ2) is 7.21. The summed E-state index contributed by atoms with van der Waals surface area (Å²) in [6.45, 7) is 3.08. The fourth-order valence-electron chi connectivity index (χ4n) is 2.58. The van der Waals surface area contributed by atoms with E-state index >= 15 is 0 Å². The number of carbonyl (C=O) groups is 2. The van der Waals surface area contributed by atoms with Gasteiger partial charge in [-0.2, -0.15) is 0 Å². The molecule has 2 heterocycles. The highest BCUT2D eigenvalue weighted by atomic mass is 16.6. The maximum Gasteiger partial charge on any atom is 0.354 e. The maximum atomic E-state index is 12.6. The summed E-state index contributed by atoms with van der Waals surface area (Å²) < 4.78 is 11.6. The lowest BCUT2D eigenvalue weighted by atomic mass is 10.2. The Bertz CT molecular complexity index is 775. The highest BCUT2D eigenvalue weighted by Gasteiger charge is 2.25. The van der Waals surface area contributed by atoms with Gasteiger partial charge < -0.3 is 19.5 Å². The van der Waals surface area contributed by atoms with Gasteiger partial charge in [0.2, 0.25) is 0 Å². The van der Waals surface area contributed by atoms with Gasteiger partial charge in [-0.1, -0.05) is 12.1 Å². The van der Waals surface area contributed by atoms with Crippen molar-refractivity contribution in [2.75, 3.05) is 19.7 Å². The molecule has 1 N–H and O–H groups in total. The van der Waals surface area contributed by atoms with Gasteiger partial charge in [0, 0.05) is 12.7 Å². The first kappa shape index (κ1) is 16.8. The highest BCUT2D eigenvalue weighted by Crippen LogP contribution is 2.31. The molecule has 1 aromatic carbocycles. The van der Waals surface area contributed by atoms with E-state index in [1.54, 1.807) is 4.90 Å². The van der Waals surface area contributed by atoms with Crippen molar-refractivity contribution in [1.29, 1.82) is 0 Å². The van der Waals surface area contributed by atoms with Gasteiger partial charge in [0.25, 0.3) is 5.91 Å². The lowest BCUT2D eigenvalue weighted by Crippen LogP contribution is -2.43. The standard InChI is InChI=1S/C18H18N2O5/c1-2-20(17(21)12-7-8-14(18(22)23)19-9-12)10-13-11-24-15-5-3-4-6-16(15)25-13/h3-9,13H,2,10-11H2,1H3,(H,22,23)/t13-/m1/s1. The van der Waals surface area contributed by atoms with E-state index in [4.69, 9.17) is 14.6 Å². The number of likely N-dealkylation sites (N-methyl/N-ethyl adjacent to an activating group) is 1. The minimum absolute atomic E-state index is 0.0970. The minimum atomic E-state index is -1.13. The summed E-state index contributed by atoms with van der Waals surface area (Å²) in [6, 6.07) is 10.2. The Morgan fingerprint density at radius 1 is 1.24 bits per heavy atom. The van der Waals surface area contributed by atoms with E-state index < -0.39 is 5.97 Å². The number of aromatic nitrogens is 1. The molecule has 7 heteroatoms. The third-order valence-electron chi connectivity index (χ3n) is 3.89. The molecule has 0 fully saturated rings. The van der Waals surface area contributed by atoms with Gasteiger partial charge in [-0.15, -0.1) is 0 Å². The Kier molecular flexibility index (Phi) is 4.83. The summed E-state index contributed by atoms with van der Waals surface area (Å²) in [5.41, 5.74) is 0.240. The number of rotatable bonds is 5. The van der Waals surface area contributed by atoms with Crippen molar-refractivity contribution in [2.24, 2.45) is 0 Å². The van der Waals surface area contributed by atoms with Gasteiger partial charge in [-0.05, 0) is 31.2 Å². The fraction of sp³-hybridized carbons (Fsp3) is 0.278. The van der Waals surface area contributed by atoms with Crippen LogP contribution < -0.4 is 9.47 Å². The van der Waals surface area contributed by atoms with Gasteiger partial charge in [-0.3, -0.25) is 4.79 Å². The number of ether oxygens (including phenoxy) is 2. The van der Waals surface area contributed by atoms with E-state index in [0.717, 1.165) is 0 Å². The lowest BCUT2D eigenvalue weighted by Gasteiger charge is -2.30. The number of benzene rings is 1. The van der Waals surface area contributed by atoms with Crippen LogP contribution in [0.4, 0.5) is 0 Å².